The first-order valence-electron chi connectivity index (χ1n) is 15.8. The Balaban J connectivity index is 1.91. The normalized spacial score (nSPS) is 14.0. The molecule has 0 unspecified atom stereocenters. The number of amides is 2. The second kappa shape index (κ2) is 14.1. The number of imide groups is 1. The van der Waals surface area contributed by atoms with Gasteiger partial charge in [0, 0.05) is 21.3 Å². The Bertz CT molecular complexity index is 1860. The van der Waals surface area contributed by atoms with Crippen molar-refractivity contribution in [3.05, 3.63) is 75.9 Å². The third kappa shape index (κ3) is 9.64. The lowest BCUT2D eigenvalue weighted by molar-refractivity contribution is 0.0428. The highest BCUT2D eigenvalue weighted by atomic mass is 35.5. The highest BCUT2D eigenvalue weighted by molar-refractivity contribution is 7.84. The summed E-state index contributed by atoms with van der Waals surface area (Å²) in [4.78, 5) is 37.7. The van der Waals surface area contributed by atoms with Crippen molar-refractivity contribution in [1.29, 1.82) is 0 Å². The molecular weight excluding hydrogens is 684 g/mol. The van der Waals surface area contributed by atoms with Gasteiger partial charge in [0.25, 0.3) is 0 Å². The summed E-state index contributed by atoms with van der Waals surface area (Å²) >= 11 is 8.26. The highest BCUT2D eigenvalue weighted by Gasteiger charge is 2.35. The van der Waals surface area contributed by atoms with Crippen LogP contribution in [-0.4, -0.2) is 47.4 Å². The molecule has 2 N–H and O–H groups in total. The molecule has 0 spiro atoms. The molecule has 0 bridgehead atoms. The molecule has 1 aromatic carbocycles. The van der Waals surface area contributed by atoms with Crippen molar-refractivity contribution in [1.82, 2.24) is 14.7 Å². The monoisotopic (exact) mass is 728 g/mol. The van der Waals surface area contributed by atoms with Gasteiger partial charge in [-0.3, -0.25) is 4.98 Å². The average molecular weight is 729 g/mol. The number of benzene rings is 1. The zero-order valence-corrected chi connectivity index (χ0v) is 32.2. The van der Waals surface area contributed by atoms with Gasteiger partial charge in [0.1, 0.15) is 17.0 Å². The van der Waals surface area contributed by atoms with Gasteiger partial charge in [-0.2, -0.15) is 4.90 Å². The maximum absolute atomic E-state index is 13.7. The summed E-state index contributed by atoms with van der Waals surface area (Å²) in [5.41, 5.74) is -0.401. The number of halogens is 1. The number of thiophene rings is 1. The topological polar surface area (TPSA) is 131 Å². The number of hydrogen-bond acceptors (Lipinski definition) is 9. The van der Waals surface area contributed by atoms with Crippen LogP contribution in [0.3, 0.4) is 0 Å². The Morgan fingerprint density at radius 2 is 1.53 bits per heavy atom. The van der Waals surface area contributed by atoms with Crippen molar-refractivity contribution in [3.63, 3.8) is 0 Å². The van der Waals surface area contributed by atoms with E-state index < -0.39 is 50.8 Å². The van der Waals surface area contributed by atoms with Crippen LogP contribution in [0, 0.1) is 0 Å². The molecule has 3 heterocycles. The minimum atomic E-state index is -1.59. The van der Waals surface area contributed by atoms with E-state index in [-0.39, 0.29) is 16.5 Å². The number of aliphatic hydroxyl groups is 1. The smallest absolute Gasteiger partial charge is 0.425 e. The van der Waals surface area contributed by atoms with Crippen LogP contribution in [0.25, 0.3) is 21.3 Å². The van der Waals surface area contributed by atoms with E-state index in [1.54, 1.807) is 67.7 Å². The summed E-state index contributed by atoms with van der Waals surface area (Å²) in [7, 11) is -1.59. The number of nitrogens with one attached hydrogen (secondary N) is 1. The zero-order chi connectivity index (χ0) is 36.7. The number of pyridine rings is 2. The second-order valence-electron chi connectivity index (χ2n) is 15.1. The van der Waals surface area contributed by atoms with Crippen LogP contribution < -0.4 is 9.62 Å². The fourth-order valence-electron chi connectivity index (χ4n) is 4.57. The lowest BCUT2D eigenvalue weighted by Crippen LogP contribution is -2.44. The van der Waals surface area contributed by atoms with Gasteiger partial charge in [0.2, 0.25) is 0 Å². The number of carbonyl (C=O) groups is 2. The van der Waals surface area contributed by atoms with Gasteiger partial charge in [0.05, 0.1) is 43.8 Å². The number of rotatable bonds is 7. The molecule has 49 heavy (non-hydrogen) atoms. The Kier molecular flexibility index (Phi) is 11.0. The van der Waals surface area contributed by atoms with Crippen molar-refractivity contribution in [2.45, 2.75) is 104 Å². The first-order valence-corrected chi connectivity index (χ1v) is 18.1. The summed E-state index contributed by atoms with van der Waals surface area (Å²) in [5, 5.41) is 11.8. The molecule has 13 heteroatoms. The largest absolute Gasteiger partial charge is 0.443 e. The highest BCUT2D eigenvalue weighted by Crippen LogP contribution is 2.41. The van der Waals surface area contributed by atoms with Crippen molar-refractivity contribution in [2.75, 3.05) is 4.90 Å². The number of nitrogens with zero attached hydrogens (tertiary/aromatic N) is 3. The predicted octanol–water partition coefficient (Wildman–Crippen LogP) is 9.06. The van der Waals surface area contributed by atoms with Crippen molar-refractivity contribution >= 4 is 62.0 Å². The van der Waals surface area contributed by atoms with Crippen LogP contribution in [0.5, 0.6) is 0 Å². The molecule has 3 aromatic heterocycles. The lowest BCUT2D eigenvalue weighted by atomic mass is 9.97. The van der Waals surface area contributed by atoms with E-state index in [1.165, 1.54) is 23.5 Å². The van der Waals surface area contributed by atoms with Crippen LogP contribution in [-0.2, 0) is 26.1 Å². The summed E-state index contributed by atoms with van der Waals surface area (Å²) in [6.07, 6.45) is -0.279. The van der Waals surface area contributed by atoms with Gasteiger partial charge >= 0.3 is 12.2 Å². The molecule has 0 fully saturated rings. The number of carbonyl (C=O) groups excluding carboxylic acids is 2. The maximum atomic E-state index is 13.7. The number of ether oxygens (including phenoxy) is 2. The first-order chi connectivity index (χ1) is 22.4. The summed E-state index contributed by atoms with van der Waals surface area (Å²) in [5.74, 6) is -0.0781. The van der Waals surface area contributed by atoms with Crippen LogP contribution in [0.2, 0.25) is 5.02 Å². The Labute approximate surface area is 299 Å². The van der Waals surface area contributed by atoms with Crippen LogP contribution >= 0.6 is 22.9 Å². The molecule has 2 atom stereocenters. The Hall–Kier alpha value is -3.42. The summed E-state index contributed by atoms with van der Waals surface area (Å²) in [6, 6.07) is 13.6. The van der Waals surface area contributed by atoms with Crippen LogP contribution in [0.4, 0.5) is 15.4 Å². The van der Waals surface area contributed by atoms with Gasteiger partial charge in [-0.15, -0.1) is 11.3 Å². The summed E-state index contributed by atoms with van der Waals surface area (Å²) in [6.45, 7) is 19.1. The van der Waals surface area contributed by atoms with Gasteiger partial charge in [-0.1, -0.05) is 29.8 Å². The van der Waals surface area contributed by atoms with E-state index in [0.717, 1.165) is 31.0 Å². The third-order valence-electron chi connectivity index (χ3n) is 6.88. The zero-order valence-electron chi connectivity index (χ0n) is 29.8. The molecule has 0 aliphatic heterocycles. The van der Waals surface area contributed by atoms with E-state index in [1.807, 2.05) is 51.1 Å². The molecular formula is C36H45ClN4O6S2. The average Bonchev–Trinajstić information content (AvgIpc) is 3.38. The Morgan fingerprint density at radius 3 is 2.08 bits per heavy atom. The van der Waals surface area contributed by atoms with Crippen molar-refractivity contribution in [3.8, 4) is 11.3 Å². The Morgan fingerprint density at radius 1 is 0.918 bits per heavy atom. The fraction of sp³-hybridized carbons (Fsp3) is 0.444. The predicted molar refractivity (Wildman–Crippen MR) is 197 cm³/mol. The van der Waals surface area contributed by atoms with Gasteiger partial charge in [-0.25, -0.2) is 23.5 Å². The molecule has 4 aromatic rings. The maximum Gasteiger partial charge on any atom is 0.425 e. The van der Waals surface area contributed by atoms with Gasteiger partial charge in [-0.05, 0) is 117 Å². The SMILES string of the molecule is CC(C)(C)OC(=O)N(C(=O)OC(C)(C)C)c1ccc(Cl)c([C@@H](N[S@@](=O)C(C)(C)C)c2cc3cccc(-c4cc(C(C)(C)O)ccn4)c3s2)n1. The van der Waals surface area contributed by atoms with E-state index in [4.69, 9.17) is 26.1 Å². The van der Waals surface area contributed by atoms with Crippen LogP contribution in [0.1, 0.15) is 98.3 Å². The van der Waals surface area contributed by atoms with E-state index in [2.05, 4.69) is 9.71 Å². The molecule has 0 aliphatic rings. The molecule has 0 aliphatic carbocycles. The van der Waals surface area contributed by atoms with E-state index in [0.29, 0.717) is 5.69 Å². The number of aromatic nitrogens is 2. The van der Waals surface area contributed by atoms with Gasteiger partial charge in [0.15, 0.2) is 0 Å². The molecule has 0 saturated carbocycles. The van der Waals surface area contributed by atoms with E-state index >= 15 is 0 Å². The molecule has 264 valence electrons. The summed E-state index contributed by atoms with van der Waals surface area (Å²) < 4.78 is 28.3. The fourth-order valence-corrected chi connectivity index (χ4v) is 6.90. The number of fused-ring (bicyclic) bond motifs is 1. The van der Waals surface area contributed by atoms with E-state index in [9.17, 15) is 18.9 Å². The second-order valence-corrected chi connectivity index (χ2v) is 18.6. The third-order valence-corrected chi connectivity index (χ3v) is 10.0. The first kappa shape index (κ1) is 38.4. The molecule has 2 amide bonds. The van der Waals surface area contributed by atoms with Crippen molar-refractivity contribution < 1.29 is 28.4 Å². The molecule has 0 saturated heterocycles. The van der Waals surface area contributed by atoms with Gasteiger partial charge < -0.3 is 14.6 Å². The number of hydrogen-bond donors (Lipinski definition) is 2. The standard InChI is InChI=1S/C36H45ClN4O6S2/c1-33(2,3)46-31(42)41(32(43)47-34(4,5)6)27-16-15-24(37)28(39-27)29(40-49(45)35(7,8)9)26-19-21-13-12-14-23(30(21)48-26)25-20-22(17-18-38-25)36(10,11)44/h12-20,29,40,44H,1-11H3/t29-,49-/m0/s1. The number of anilines is 1. The van der Waals surface area contributed by atoms with Crippen molar-refractivity contribution in [2.24, 2.45) is 0 Å². The minimum Gasteiger partial charge on any atom is -0.443 e. The molecule has 10 nitrogen and oxygen atoms in total. The lowest BCUT2D eigenvalue weighted by Gasteiger charge is -2.29. The molecule has 0 radical (unpaired) electrons. The quantitative estimate of drug-likeness (QED) is 0.193. The molecule has 4 rings (SSSR count). The minimum absolute atomic E-state index is 0.0781. The van der Waals surface area contributed by atoms with Crippen LogP contribution in [0.15, 0.2) is 54.7 Å².